The molecule has 9 heteroatoms. The van der Waals surface area contributed by atoms with Gasteiger partial charge in [0.15, 0.2) is 5.03 Å². The first-order valence-corrected chi connectivity index (χ1v) is 15.1. The highest BCUT2D eigenvalue weighted by molar-refractivity contribution is 7.92. The maximum absolute atomic E-state index is 13.0. The second-order valence-corrected chi connectivity index (χ2v) is 12.5. The number of benzene rings is 1. The zero-order valence-electron chi connectivity index (χ0n) is 20.5. The fourth-order valence-electron chi connectivity index (χ4n) is 5.88. The highest BCUT2D eigenvalue weighted by Crippen LogP contribution is 2.45. The van der Waals surface area contributed by atoms with Crippen molar-refractivity contribution >= 4 is 33.0 Å². The van der Waals surface area contributed by atoms with E-state index in [2.05, 4.69) is 16.6 Å². The summed E-state index contributed by atoms with van der Waals surface area (Å²) in [7, 11) is -2.55. The molecule has 192 valence electrons. The molecule has 4 rings (SSSR count). The molecule has 1 aromatic carbocycles. The third-order valence-electron chi connectivity index (χ3n) is 7.85. The highest BCUT2D eigenvalue weighted by Gasteiger charge is 2.32. The Morgan fingerprint density at radius 2 is 1.77 bits per heavy atom. The van der Waals surface area contributed by atoms with E-state index >= 15 is 0 Å². The molecular weight excluding hydrogens is 484 g/mol. The van der Waals surface area contributed by atoms with Crippen LogP contribution in [0.25, 0.3) is 0 Å². The lowest BCUT2D eigenvalue weighted by Crippen LogP contribution is -2.25. The van der Waals surface area contributed by atoms with E-state index < -0.39 is 16.0 Å². The van der Waals surface area contributed by atoms with Crippen molar-refractivity contribution in [1.82, 2.24) is 4.98 Å². The van der Waals surface area contributed by atoms with E-state index in [1.807, 2.05) is 0 Å². The Hall–Kier alpha value is -2.13. The first-order valence-electron chi connectivity index (χ1n) is 12.7. The molecular formula is C26H36N2O5S2. The van der Waals surface area contributed by atoms with Crippen molar-refractivity contribution in [2.24, 2.45) is 17.8 Å². The number of carboxylic acid groups (broad SMARTS) is 1. The number of hydrogen-bond acceptors (Lipinski definition) is 6. The Balaban J connectivity index is 1.36. The number of nitrogens with one attached hydrogen (secondary N) is 1. The second kappa shape index (κ2) is 11.3. The zero-order valence-corrected chi connectivity index (χ0v) is 22.2. The summed E-state index contributed by atoms with van der Waals surface area (Å²) in [5.41, 5.74) is 0.201. The van der Waals surface area contributed by atoms with Crippen molar-refractivity contribution in [2.75, 3.05) is 11.8 Å². The molecule has 1 aromatic heterocycles. The van der Waals surface area contributed by atoms with E-state index in [-0.39, 0.29) is 22.0 Å². The minimum absolute atomic E-state index is 0.00164. The third kappa shape index (κ3) is 6.17. The number of sulfonamides is 1. The SMILES string of the molecule is CCC[C@H]1CC[C@H](C2CCC(c3nc(S(=O)(=O)Nc4ccc(C(=O)O)cc4OC)cs3)CC2)CC1. The molecule has 0 saturated heterocycles. The molecule has 0 spiro atoms. The first-order chi connectivity index (χ1) is 16.8. The van der Waals surface area contributed by atoms with Crippen LogP contribution in [0.4, 0.5) is 5.69 Å². The van der Waals surface area contributed by atoms with Crippen LogP contribution in [0.2, 0.25) is 0 Å². The van der Waals surface area contributed by atoms with Gasteiger partial charge in [-0.2, -0.15) is 8.42 Å². The maximum atomic E-state index is 13.0. The summed E-state index contributed by atoms with van der Waals surface area (Å²) in [6.45, 7) is 2.29. The van der Waals surface area contributed by atoms with Crippen molar-refractivity contribution in [1.29, 1.82) is 0 Å². The van der Waals surface area contributed by atoms with Crippen molar-refractivity contribution in [3.63, 3.8) is 0 Å². The number of carboxylic acids is 1. The summed E-state index contributed by atoms with van der Waals surface area (Å²) in [6.07, 6.45) is 12.8. The largest absolute Gasteiger partial charge is 0.495 e. The van der Waals surface area contributed by atoms with Crippen LogP contribution in [-0.2, 0) is 10.0 Å². The summed E-state index contributed by atoms with van der Waals surface area (Å²) >= 11 is 1.41. The molecule has 0 atom stereocenters. The smallest absolute Gasteiger partial charge is 0.335 e. The third-order valence-corrected chi connectivity index (χ3v) is 10.2. The van der Waals surface area contributed by atoms with Crippen LogP contribution >= 0.6 is 11.3 Å². The number of anilines is 1. The van der Waals surface area contributed by atoms with Crippen molar-refractivity contribution in [3.8, 4) is 5.75 Å². The Kier molecular flexibility index (Phi) is 8.37. The topological polar surface area (TPSA) is 106 Å². The Bertz CT molecular complexity index is 1110. The average molecular weight is 521 g/mol. The van der Waals surface area contributed by atoms with Crippen molar-refractivity contribution < 1.29 is 23.1 Å². The van der Waals surface area contributed by atoms with Crippen molar-refractivity contribution in [2.45, 2.75) is 82.1 Å². The second-order valence-electron chi connectivity index (χ2n) is 10.0. The lowest BCUT2D eigenvalue weighted by molar-refractivity contribution is 0.0696. The first kappa shape index (κ1) is 25.9. The van der Waals surface area contributed by atoms with E-state index in [1.165, 1.54) is 88.0 Å². The molecule has 2 aromatic rings. The average Bonchev–Trinajstić information content (AvgIpc) is 3.36. The molecule has 2 saturated carbocycles. The van der Waals surface area contributed by atoms with Gasteiger partial charge in [0.25, 0.3) is 10.0 Å². The minimum Gasteiger partial charge on any atom is -0.495 e. The van der Waals surface area contributed by atoms with Gasteiger partial charge in [-0.15, -0.1) is 11.3 Å². The Morgan fingerprint density at radius 1 is 1.11 bits per heavy atom. The lowest BCUT2D eigenvalue weighted by atomic mass is 9.69. The maximum Gasteiger partial charge on any atom is 0.335 e. The molecule has 2 N–H and O–H groups in total. The standard InChI is InChI=1S/C26H36N2O5S2/c1-3-4-17-5-7-18(8-6-17)19-9-11-20(12-10-19)25-27-24(16-34-25)35(31,32)28-22-14-13-21(26(29)30)15-23(22)33-2/h13-20,28H,3-12H2,1-2H3,(H,29,30)/t17-,18-,19?,20?. The molecule has 0 bridgehead atoms. The van der Waals surface area contributed by atoms with Crippen LogP contribution in [0.5, 0.6) is 5.75 Å². The number of nitrogens with zero attached hydrogens (tertiary/aromatic N) is 1. The van der Waals surface area contributed by atoms with Gasteiger partial charge >= 0.3 is 5.97 Å². The zero-order chi connectivity index (χ0) is 25.0. The molecule has 0 amide bonds. The van der Waals surface area contributed by atoms with Crippen LogP contribution in [0.1, 0.15) is 92.4 Å². The van der Waals surface area contributed by atoms with Gasteiger partial charge in [0.2, 0.25) is 0 Å². The van der Waals surface area contributed by atoms with Crippen LogP contribution < -0.4 is 9.46 Å². The van der Waals surface area contributed by atoms with Gasteiger partial charge in [-0.05, 0) is 74.5 Å². The van der Waals surface area contributed by atoms with Gasteiger partial charge < -0.3 is 9.84 Å². The summed E-state index contributed by atoms with van der Waals surface area (Å²) in [5, 5.41) is 11.6. The Morgan fingerprint density at radius 3 is 2.37 bits per heavy atom. The fourth-order valence-corrected chi connectivity index (χ4v) is 8.23. The number of thiazole rings is 1. The molecule has 2 aliphatic rings. The number of methoxy groups -OCH3 is 1. The molecule has 2 aliphatic carbocycles. The number of aromatic nitrogens is 1. The molecule has 0 radical (unpaired) electrons. The number of aromatic carboxylic acids is 1. The quantitative estimate of drug-likeness (QED) is 0.389. The van der Waals surface area contributed by atoms with Gasteiger partial charge in [0, 0.05) is 11.3 Å². The predicted octanol–water partition coefficient (Wildman–Crippen LogP) is 6.53. The summed E-state index contributed by atoms with van der Waals surface area (Å²) in [6, 6.07) is 4.02. The van der Waals surface area contributed by atoms with Crippen LogP contribution in [0.15, 0.2) is 28.6 Å². The molecule has 2 fully saturated rings. The monoisotopic (exact) mass is 520 g/mol. The van der Waals surface area contributed by atoms with Crippen LogP contribution in [-0.4, -0.2) is 31.6 Å². The summed E-state index contributed by atoms with van der Waals surface area (Å²) < 4.78 is 33.6. The molecule has 0 unspecified atom stereocenters. The summed E-state index contributed by atoms with van der Waals surface area (Å²) in [4.78, 5) is 15.7. The molecule has 1 heterocycles. The summed E-state index contributed by atoms with van der Waals surface area (Å²) in [5.74, 6) is 1.96. The van der Waals surface area contributed by atoms with E-state index in [0.717, 1.165) is 35.6 Å². The predicted molar refractivity (Wildman–Crippen MR) is 138 cm³/mol. The van der Waals surface area contributed by atoms with Gasteiger partial charge in [0.05, 0.1) is 23.4 Å². The minimum atomic E-state index is -3.91. The number of ether oxygens (including phenoxy) is 1. The van der Waals surface area contributed by atoms with E-state index in [0.29, 0.717) is 5.92 Å². The number of carbonyl (C=O) groups is 1. The van der Waals surface area contributed by atoms with E-state index in [4.69, 9.17) is 9.84 Å². The van der Waals surface area contributed by atoms with E-state index in [9.17, 15) is 13.2 Å². The van der Waals surface area contributed by atoms with Gasteiger partial charge in [0.1, 0.15) is 5.75 Å². The number of hydrogen-bond donors (Lipinski definition) is 2. The number of rotatable bonds is 9. The van der Waals surface area contributed by atoms with Crippen LogP contribution in [0, 0.1) is 17.8 Å². The normalized spacial score (nSPS) is 25.2. The van der Waals surface area contributed by atoms with E-state index in [1.54, 1.807) is 5.38 Å². The van der Waals surface area contributed by atoms with Gasteiger partial charge in [-0.1, -0.05) is 32.6 Å². The molecule has 35 heavy (non-hydrogen) atoms. The van der Waals surface area contributed by atoms with Gasteiger partial charge in [-0.25, -0.2) is 9.78 Å². The van der Waals surface area contributed by atoms with Crippen molar-refractivity contribution in [3.05, 3.63) is 34.2 Å². The fraction of sp³-hybridized carbons (Fsp3) is 0.615. The Labute approximate surface area is 212 Å². The van der Waals surface area contributed by atoms with Gasteiger partial charge in [-0.3, -0.25) is 4.72 Å². The van der Waals surface area contributed by atoms with Crippen LogP contribution in [0.3, 0.4) is 0 Å². The highest BCUT2D eigenvalue weighted by atomic mass is 32.2. The molecule has 0 aliphatic heterocycles. The lowest BCUT2D eigenvalue weighted by Gasteiger charge is -2.37. The molecule has 7 nitrogen and oxygen atoms in total.